The van der Waals surface area contributed by atoms with Crippen molar-refractivity contribution in [2.24, 2.45) is 9.98 Å². The van der Waals surface area contributed by atoms with Crippen molar-refractivity contribution < 1.29 is 4.79 Å². The second-order valence-electron chi connectivity index (χ2n) is 5.20. The highest BCUT2D eigenvalue weighted by Crippen LogP contribution is 2.10. The number of carbonyl (C=O) groups is 1. The van der Waals surface area contributed by atoms with E-state index in [1.807, 2.05) is 39.8 Å². The topological polar surface area (TPSA) is 53.8 Å². The fraction of sp³-hybridized carbons (Fsp3) is 0.250. The summed E-state index contributed by atoms with van der Waals surface area (Å²) in [5, 5.41) is 2.61. The molecule has 124 valence electrons. The van der Waals surface area contributed by atoms with Crippen LogP contribution in [0.15, 0.2) is 52.2 Å². The molecule has 4 heteroatoms. The third-order valence-electron chi connectivity index (χ3n) is 3.08. The zero-order valence-corrected chi connectivity index (χ0v) is 14.8. The van der Waals surface area contributed by atoms with Crippen molar-refractivity contribution in [3.05, 3.63) is 58.9 Å². The van der Waals surface area contributed by atoms with E-state index < -0.39 is 0 Å². The maximum Gasteiger partial charge on any atom is 0.251 e. The summed E-state index contributed by atoms with van der Waals surface area (Å²) in [4.78, 5) is 20.1. The van der Waals surface area contributed by atoms with Crippen LogP contribution in [0, 0.1) is 18.8 Å². The highest BCUT2D eigenvalue weighted by molar-refractivity contribution is 6.29. The predicted molar refractivity (Wildman–Crippen MR) is 102 cm³/mol. The van der Waals surface area contributed by atoms with Crippen molar-refractivity contribution in [2.75, 3.05) is 7.05 Å². The minimum Gasteiger partial charge on any atom is -0.355 e. The molecule has 0 radical (unpaired) electrons. The molecule has 0 aromatic heterocycles. The van der Waals surface area contributed by atoms with Crippen molar-refractivity contribution in [2.45, 2.75) is 27.7 Å². The molecule has 0 bridgehead atoms. The molecule has 4 nitrogen and oxygen atoms in total. The van der Waals surface area contributed by atoms with Gasteiger partial charge in [-0.2, -0.15) is 0 Å². The molecule has 0 aliphatic rings. The number of allylic oxidation sites excluding steroid dienone is 2. The van der Waals surface area contributed by atoms with Crippen LogP contribution >= 0.6 is 0 Å². The Morgan fingerprint density at radius 3 is 2.71 bits per heavy atom. The van der Waals surface area contributed by atoms with Gasteiger partial charge in [-0.1, -0.05) is 24.0 Å². The van der Waals surface area contributed by atoms with E-state index in [1.54, 1.807) is 37.8 Å². The minimum atomic E-state index is -0.119. The Morgan fingerprint density at radius 2 is 2.04 bits per heavy atom. The molecule has 1 N–H and O–H groups in total. The second kappa shape index (κ2) is 9.96. The molecule has 0 atom stereocenters. The van der Waals surface area contributed by atoms with Crippen molar-refractivity contribution >= 4 is 17.8 Å². The molecule has 0 unspecified atom stereocenters. The van der Waals surface area contributed by atoms with Gasteiger partial charge in [-0.3, -0.25) is 14.8 Å². The summed E-state index contributed by atoms with van der Waals surface area (Å²) in [6.45, 7) is 7.65. The largest absolute Gasteiger partial charge is 0.355 e. The summed E-state index contributed by atoms with van der Waals surface area (Å²) in [6, 6.07) is 5.49. The van der Waals surface area contributed by atoms with Crippen LogP contribution < -0.4 is 5.32 Å². The highest BCUT2D eigenvalue weighted by Gasteiger charge is 2.04. The van der Waals surface area contributed by atoms with Gasteiger partial charge in [0.15, 0.2) is 0 Å². The van der Waals surface area contributed by atoms with Gasteiger partial charge in [-0.15, -0.1) is 0 Å². The lowest BCUT2D eigenvalue weighted by Gasteiger charge is -2.03. The Bertz CT molecular complexity index is 772. The number of rotatable bonds is 4. The minimum absolute atomic E-state index is 0.119. The second-order valence-corrected chi connectivity index (χ2v) is 5.20. The van der Waals surface area contributed by atoms with E-state index in [2.05, 4.69) is 27.1 Å². The number of benzene rings is 1. The van der Waals surface area contributed by atoms with Crippen molar-refractivity contribution in [1.29, 1.82) is 0 Å². The van der Waals surface area contributed by atoms with E-state index in [9.17, 15) is 4.79 Å². The quantitative estimate of drug-likeness (QED) is 0.667. The average Bonchev–Trinajstić information content (AvgIpc) is 2.58. The van der Waals surface area contributed by atoms with E-state index in [1.165, 1.54) is 0 Å². The number of amides is 1. The van der Waals surface area contributed by atoms with Crippen molar-refractivity contribution in [3.63, 3.8) is 0 Å². The molecular weight excluding hydrogens is 298 g/mol. The van der Waals surface area contributed by atoms with Gasteiger partial charge in [0.2, 0.25) is 0 Å². The van der Waals surface area contributed by atoms with Crippen LogP contribution in [0.25, 0.3) is 0 Å². The Balaban J connectivity index is 2.96. The summed E-state index contributed by atoms with van der Waals surface area (Å²) in [7, 11) is 1.61. The molecule has 0 aliphatic heterocycles. The van der Waals surface area contributed by atoms with Gasteiger partial charge in [0.1, 0.15) is 0 Å². The molecule has 1 aromatic rings. The average molecular weight is 321 g/mol. The first-order valence-electron chi connectivity index (χ1n) is 7.68. The van der Waals surface area contributed by atoms with Crippen LogP contribution in [0.4, 0.5) is 0 Å². The van der Waals surface area contributed by atoms with Crippen LogP contribution in [0.3, 0.4) is 0 Å². The molecule has 0 saturated carbocycles. The summed E-state index contributed by atoms with van der Waals surface area (Å²) < 4.78 is 0. The number of aryl methyl sites for hydroxylation is 1. The SMILES string of the molecule is C/C=C\N=CC(C)=N/C=C(\C)C#Cc1cc(C(=O)NC)ccc1C. The summed E-state index contributed by atoms with van der Waals surface area (Å²) in [5.41, 5.74) is 4.09. The molecule has 1 amide bonds. The van der Waals surface area contributed by atoms with E-state index in [-0.39, 0.29) is 5.91 Å². The van der Waals surface area contributed by atoms with E-state index >= 15 is 0 Å². The molecule has 1 aromatic carbocycles. The van der Waals surface area contributed by atoms with Crippen LogP contribution in [0.1, 0.15) is 42.3 Å². The van der Waals surface area contributed by atoms with Gasteiger partial charge in [-0.25, -0.2) is 0 Å². The molecule has 1 rings (SSSR count). The van der Waals surface area contributed by atoms with Gasteiger partial charge >= 0.3 is 0 Å². The standard InChI is InChI=1S/C20H23N3O/c1-6-11-22-14-17(4)23-13-15(2)7-9-18-12-19(20(24)21-5)10-8-16(18)3/h6,8,10-14H,1-5H3,(H,21,24)/b11-6-,15-13+,22-14?,23-17?. The predicted octanol–water partition coefficient (Wildman–Crippen LogP) is 3.68. The first kappa shape index (κ1) is 19.1. The normalized spacial score (nSPS) is 12.4. The summed E-state index contributed by atoms with van der Waals surface area (Å²) in [6.07, 6.45) is 6.96. The zero-order valence-electron chi connectivity index (χ0n) is 14.8. The zero-order chi connectivity index (χ0) is 17.9. The molecule has 0 spiro atoms. The number of carbonyl (C=O) groups excluding carboxylic acids is 1. The van der Waals surface area contributed by atoms with Crippen LogP contribution in [-0.4, -0.2) is 24.9 Å². The van der Waals surface area contributed by atoms with Gasteiger partial charge in [0, 0.05) is 42.4 Å². The number of hydrogen-bond donors (Lipinski definition) is 1. The third kappa shape index (κ3) is 6.45. The summed E-state index contributed by atoms with van der Waals surface area (Å²) in [5.74, 6) is 6.04. The Morgan fingerprint density at radius 1 is 1.29 bits per heavy atom. The molecule has 0 heterocycles. The molecule has 0 saturated heterocycles. The Hall–Kier alpha value is -2.93. The lowest BCUT2D eigenvalue weighted by Crippen LogP contribution is -2.17. The number of nitrogens with zero attached hydrogens (tertiary/aromatic N) is 2. The lowest BCUT2D eigenvalue weighted by molar-refractivity contribution is 0.0963. The number of hydrogen-bond acceptors (Lipinski definition) is 3. The molecule has 0 fully saturated rings. The molecular formula is C20H23N3O. The van der Waals surface area contributed by atoms with E-state index in [0.717, 1.165) is 22.4 Å². The number of nitrogens with one attached hydrogen (secondary N) is 1. The number of aliphatic imine (C=N–C) groups is 2. The van der Waals surface area contributed by atoms with Crippen molar-refractivity contribution in [1.82, 2.24) is 5.32 Å². The van der Waals surface area contributed by atoms with Crippen LogP contribution in [-0.2, 0) is 0 Å². The fourth-order valence-electron chi connectivity index (χ4n) is 1.71. The van der Waals surface area contributed by atoms with Crippen molar-refractivity contribution in [3.8, 4) is 11.8 Å². The maximum atomic E-state index is 11.7. The highest BCUT2D eigenvalue weighted by atomic mass is 16.1. The van der Waals surface area contributed by atoms with Gasteiger partial charge in [0.05, 0.1) is 5.71 Å². The van der Waals surface area contributed by atoms with Crippen LogP contribution in [0.2, 0.25) is 0 Å². The van der Waals surface area contributed by atoms with E-state index in [4.69, 9.17) is 0 Å². The Labute approximate surface area is 144 Å². The van der Waals surface area contributed by atoms with Gasteiger partial charge < -0.3 is 5.32 Å². The lowest BCUT2D eigenvalue weighted by atomic mass is 10.0. The summed E-state index contributed by atoms with van der Waals surface area (Å²) >= 11 is 0. The fourth-order valence-corrected chi connectivity index (χ4v) is 1.71. The third-order valence-corrected chi connectivity index (χ3v) is 3.08. The first-order chi connectivity index (χ1) is 11.5. The smallest absolute Gasteiger partial charge is 0.251 e. The Kier molecular flexibility index (Phi) is 7.93. The maximum absolute atomic E-state index is 11.7. The molecule has 0 aliphatic carbocycles. The first-order valence-corrected chi connectivity index (χ1v) is 7.68. The molecule has 24 heavy (non-hydrogen) atoms. The monoisotopic (exact) mass is 321 g/mol. The van der Waals surface area contributed by atoms with E-state index in [0.29, 0.717) is 5.56 Å². The van der Waals surface area contributed by atoms with Gasteiger partial charge in [-0.05, 0) is 45.4 Å². The van der Waals surface area contributed by atoms with Crippen LogP contribution in [0.5, 0.6) is 0 Å². The van der Waals surface area contributed by atoms with Gasteiger partial charge in [0.25, 0.3) is 5.91 Å².